The Morgan fingerprint density at radius 1 is 0.400 bits per heavy atom. The van der Waals surface area contributed by atoms with Crippen LogP contribution in [0.2, 0.25) is 0 Å². The Balaban J connectivity index is 1.26. The van der Waals surface area contributed by atoms with Crippen LogP contribution in [-0.4, -0.2) is 14.5 Å². The predicted molar refractivity (Wildman–Crippen MR) is 211 cm³/mol. The fourth-order valence-electron chi connectivity index (χ4n) is 7.28. The van der Waals surface area contributed by atoms with Crippen LogP contribution in [0.15, 0.2) is 176 Å². The molecule has 234 valence electrons. The number of para-hydroxylation sites is 1. The van der Waals surface area contributed by atoms with E-state index in [0.717, 1.165) is 39.6 Å². The largest absolute Gasteiger partial charge is 0.309 e. The lowest BCUT2D eigenvalue weighted by molar-refractivity contribution is 1.18. The molecule has 3 nitrogen and oxygen atoms in total. The molecule has 0 spiro atoms. The highest BCUT2D eigenvalue weighted by molar-refractivity contribution is 7.27. The molecule has 0 aliphatic heterocycles. The molecule has 0 unspecified atom stereocenters. The highest BCUT2D eigenvalue weighted by atomic mass is 32.1. The zero-order chi connectivity index (χ0) is 33.0. The van der Waals surface area contributed by atoms with Crippen molar-refractivity contribution in [3.8, 4) is 50.7 Å². The number of nitrogens with zero attached hydrogens (tertiary/aromatic N) is 3. The summed E-state index contributed by atoms with van der Waals surface area (Å²) in [5.41, 5.74) is 11.0. The van der Waals surface area contributed by atoms with Crippen molar-refractivity contribution in [1.82, 2.24) is 14.5 Å². The van der Waals surface area contributed by atoms with Crippen LogP contribution in [0.5, 0.6) is 0 Å². The fourth-order valence-corrected chi connectivity index (χ4v) is 8.66. The first-order valence-electron chi connectivity index (χ1n) is 16.8. The summed E-state index contributed by atoms with van der Waals surface area (Å²) in [4.78, 5) is 10.3. The van der Waals surface area contributed by atoms with Crippen molar-refractivity contribution in [3.05, 3.63) is 176 Å². The van der Waals surface area contributed by atoms with E-state index in [2.05, 4.69) is 156 Å². The van der Waals surface area contributed by atoms with Gasteiger partial charge >= 0.3 is 0 Å². The average Bonchev–Trinajstić information content (AvgIpc) is 3.74. The van der Waals surface area contributed by atoms with Crippen molar-refractivity contribution >= 4 is 53.3 Å². The van der Waals surface area contributed by atoms with Gasteiger partial charge in [0, 0.05) is 53.3 Å². The Kier molecular flexibility index (Phi) is 6.68. The molecule has 10 aromatic rings. The van der Waals surface area contributed by atoms with Crippen LogP contribution in [0.25, 0.3) is 92.7 Å². The molecule has 3 aromatic heterocycles. The van der Waals surface area contributed by atoms with Crippen LogP contribution in [-0.2, 0) is 0 Å². The number of rotatable bonds is 5. The van der Waals surface area contributed by atoms with Crippen LogP contribution in [0.1, 0.15) is 0 Å². The van der Waals surface area contributed by atoms with Crippen molar-refractivity contribution in [3.63, 3.8) is 0 Å². The van der Waals surface area contributed by atoms with Crippen molar-refractivity contribution < 1.29 is 0 Å². The minimum absolute atomic E-state index is 0.724. The third-order valence-electron chi connectivity index (χ3n) is 9.62. The Morgan fingerprint density at radius 3 is 1.76 bits per heavy atom. The van der Waals surface area contributed by atoms with Gasteiger partial charge in [0.05, 0.1) is 22.4 Å². The summed E-state index contributed by atoms with van der Waals surface area (Å²) >= 11 is 1.87. The quantitative estimate of drug-likeness (QED) is 0.185. The fraction of sp³-hybridized carbons (Fsp3) is 0. The van der Waals surface area contributed by atoms with E-state index in [9.17, 15) is 0 Å². The van der Waals surface area contributed by atoms with Gasteiger partial charge in [-0.3, -0.25) is 0 Å². The Bertz CT molecular complexity index is 2780. The first-order chi connectivity index (χ1) is 24.8. The molecular weight excluding hydrogens is 627 g/mol. The molecule has 3 heterocycles. The van der Waals surface area contributed by atoms with Crippen LogP contribution in [0, 0.1) is 0 Å². The van der Waals surface area contributed by atoms with Crippen LogP contribution >= 0.6 is 11.3 Å². The lowest BCUT2D eigenvalue weighted by Gasteiger charge is -2.10. The highest BCUT2D eigenvalue weighted by Gasteiger charge is 2.20. The van der Waals surface area contributed by atoms with Gasteiger partial charge in [0.1, 0.15) is 0 Å². The zero-order valence-electron chi connectivity index (χ0n) is 27.0. The zero-order valence-corrected chi connectivity index (χ0v) is 27.8. The van der Waals surface area contributed by atoms with E-state index in [-0.39, 0.29) is 0 Å². The van der Waals surface area contributed by atoms with Gasteiger partial charge in [0.25, 0.3) is 0 Å². The topological polar surface area (TPSA) is 30.7 Å². The number of hydrogen-bond donors (Lipinski definition) is 0. The molecule has 7 aromatic carbocycles. The number of thiophene rings is 1. The van der Waals surface area contributed by atoms with Crippen LogP contribution in [0.4, 0.5) is 0 Å². The second kappa shape index (κ2) is 11.7. The van der Waals surface area contributed by atoms with Crippen molar-refractivity contribution in [2.45, 2.75) is 0 Å². The van der Waals surface area contributed by atoms with Crippen molar-refractivity contribution in [2.75, 3.05) is 0 Å². The summed E-state index contributed by atoms with van der Waals surface area (Å²) in [7, 11) is 0. The van der Waals surface area contributed by atoms with Crippen molar-refractivity contribution in [2.24, 2.45) is 0 Å². The summed E-state index contributed by atoms with van der Waals surface area (Å²) < 4.78 is 4.93. The van der Waals surface area contributed by atoms with Crippen LogP contribution < -0.4 is 0 Å². The average molecular weight is 656 g/mol. The molecule has 0 aliphatic carbocycles. The number of aromatic nitrogens is 3. The molecule has 0 amide bonds. The molecular formula is C46H29N3S. The first kappa shape index (κ1) is 28.6. The van der Waals surface area contributed by atoms with E-state index in [1.807, 2.05) is 35.6 Å². The van der Waals surface area contributed by atoms with Gasteiger partial charge in [-0.1, -0.05) is 140 Å². The standard InChI is InChI=1S/C46H29N3S/c1-5-14-30(15-6-1)33-24-26-41-38(28-33)43-42(49(41)34-20-11-4-12-21-34)27-25-36-35-22-13-23-37(44(35)50-45(36)43)40-29-39(31-16-7-2-8-17-31)47-46(48-40)32-18-9-3-10-19-32/h1-29H. The van der Waals surface area contributed by atoms with E-state index >= 15 is 0 Å². The predicted octanol–water partition coefficient (Wildman–Crippen LogP) is 12.6. The second-order valence-electron chi connectivity index (χ2n) is 12.6. The summed E-state index contributed by atoms with van der Waals surface area (Å²) in [6, 6.07) is 62.3. The minimum Gasteiger partial charge on any atom is -0.309 e. The molecule has 0 saturated carbocycles. The molecule has 0 N–H and O–H groups in total. The summed E-state index contributed by atoms with van der Waals surface area (Å²) in [6.07, 6.45) is 0. The molecule has 10 rings (SSSR count). The molecule has 50 heavy (non-hydrogen) atoms. The Morgan fingerprint density at radius 2 is 1.02 bits per heavy atom. The summed E-state index contributed by atoms with van der Waals surface area (Å²) in [6.45, 7) is 0. The molecule has 0 aliphatic rings. The minimum atomic E-state index is 0.724. The Labute approximate surface area is 293 Å². The smallest absolute Gasteiger partial charge is 0.160 e. The molecule has 0 saturated heterocycles. The molecule has 0 bridgehead atoms. The lowest BCUT2D eigenvalue weighted by atomic mass is 10.0. The monoisotopic (exact) mass is 655 g/mol. The Hall–Kier alpha value is -6.36. The second-order valence-corrected chi connectivity index (χ2v) is 13.6. The van der Waals surface area contributed by atoms with Crippen LogP contribution in [0.3, 0.4) is 0 Å². The summed E-state index contributed by atoms with van der Waals surface area (Å²) in [5.74, 6) is 0.724. The van der Waals surface area contributed by atoms with Gasteiger partial charge in [-0.2, -0.15) is 0 Å². The van der Waals surface area contributed by atoms with E-state index in [0.29, 0.717) is 0 Å². The van der Waals surface area contributed by atoms with E-state index in [1.165, 1.54) is 53.1 Å². The molecule has 0 radical (unpaired) electrons. The normalized spacial score (nSPS) is 11.6. The van der Waals surface area contributed by atoms with Gasteiger partial charge in [0.15, 0.2) is 5.82 Å². The van der Waals surface area contributed by atoms with Gasteiger partial charge in [-0.15, -0.1) is 11.3 Å². The molecule has 4 heteroatoms. The van der Waals surface area contributed by atoms with E-state index in [4.69, 9.17) is 9.97 Å². The SMILES string of the molecule is c1ccc(-c2ccc3c(c2)c2c4sc5c(-c6cc(-c7ccccc7)nc(-c7ccccc7)n6)cccc5c4ccc2n3-c2ccccc2)cc1. The number of benzene rings is 7. The maximum Gasteiger partial charge on any atom is 0.160 e. The van der Waals surface area contributed by atoms with Gasteiger partial charge in [-0.05, 0) is 47.5 Å². The third kappa shape index (κ3) is 4.65. The van der Waals surface area contributed by atoms with E-state index in [1.54, 1.807) is 0 Å². The van der Waals surface area contributed by atoms with Gasteiger partial charge < -0.3 is 4.57 Å². The van der Waals surface area contributed by atoms with Gasteiger partial charge in [-0.25, -0.2) is 9.97 Å². The number of hydrogen-bond acceptors (Lipinski definition) is 3. The lowest BCUT2D eigenvalue weighted by Crippen LogP contribution is -1.95. The van der Waals surface area contributed by atoms with Crippen molar-refractivity contribution in [1.29, 1.82) is 0 Å². The third-order valence-corrected chi connectivity index (χ3v) is 10.9. The van der Waals surface area contributed by atoms with Gasteiger partial charge in [0.2, 0.25) is 0 Å². The summed E-state index contributed by atoms with van der Waals surface area (Å²) in [5, 5.41) is 5.04. The first-order valence-corrected chi connectivity index (χ1v) is 17.7. The highest BCUT2D eigenvalue weighted by Crippen LogP contribution is 2.46. The maximum atomic E-state index is 5.21. The number of fused-ring (bicyclic) bond motifs is 7. The maximum absolute atomic E-state index is 5.21. The molecule has 0 atom stereocenters. The molecule has 0 fully saturated rings. The van der Waals surface area contributed by atoms with E-state index < -0.39 is 0 Å².